The molecule has 0 aliphatic rings. The molecular formula is C20H25NO3. The molecule has 3 N–H and O–H groups in total. The van der Waals surface area contributed by atoms with Crippen molar-refractivity contribution in [3.8, 4) is 0 Å². The van der Waals surface area contributed by atoms with E-state index in [0.717, 1.165) is 12.8 Å². The summed E-state index contributed by atoms with van der Waals surface area (Å²) in [6, 6.07) is 19.2. The molecule has 0 saturated carbocycles. The van der Waals surface area contributed by atoms with E-state index in [0.29, 0.717) is 12.0 Å². The van der Waals surface area contributed by atoms with Crippen molar-refractivity contribution in [1.82, 2.24) is 0 Å². The summed E-state index contributed by atoms with van der Waals surface area (Å²) in [7, 11) is 1.31. The number of ether oxygens (including phenoxy) is 1. The van der Waals surface area contributed by atoms with Gasteiger partial charge in [-0.1, -0.05) is 60.7 Å². The van der Waals surface area contributed by atoms with Crippen LogP contribution in [0.5, 0.6) is 0 Å². The number of aryl methyl sites for hydroxylation is 1. The highest BCUT2D eigenvalue weighted by Crippen LogP contribution is 2.27. The molecule has 2 aromatic rings. The van der Waals surface area contributed by atoms with E-state index >= 15 is 0 Å². The molecule has 2 rings (SSSR count). The van der Waals surface area contributed by atoms with E-state index in [9.17, 15) is 9.90 Å². The van der Waals surface area contributed by atoms with Crippen LogP contribution in [0.15, 0.2) is 60.7 Å². The van der Waals surface area contributed by atoms with Crippen molar-refractivity contribution in [2.24, 2.45) is 5.73 Å². The number of carbonyl (C=O) groups excluding carboxylic acids is 1. The molecular weight excluding hydrogens is 302 g/mol. The van der Waals surface area contributed by atoms with Crippen molar-refractivity contribution >= 4 is 5.97 Å². The van der Waals surface area contributed by atoms with E-state index in [1.165, 1.54) is 12.7 Å². The molecule has 4 heteroatoms. The van der Waals surface area contributed by atoms with Crippen LogP contribution < -0.4 is 5.73 Å². The first-order chi connectivity index (χ1) is 11.6. The number of carbonyl (C=O) groups is 1. The molecule has 0 heterocycles. The number of benzene rings is 2. The van der Waals surface area contributed by atoms with Crippen molar-refractivity contribution in [3.63, 3.8) is 0 Å². The maximum Gasteiger partial charge on any atom is 0.330 e. The van der Waals surface area contributed by atoms with Crippen LogP contribution in [-0.2, 0) is 21.5 Å². The maximum atomic E-state index is 12.2. The number of aliphatic hydroxyl groups excluding tert-OH is 1. The molecule has 0 bridgehead atoms. The highest BCUT2D eigenvalue weighted by Gasteiger charge is 2.39. The van der Waals surface area contributed by atoms with Gasteiger partial charge in [0.05, 0.1) is 13.2 Å². The third kappa shape index (κ3) is 4.66. The summed E-state index contributed by atoms with van der Waals surface area (Å²) in [5.74, 6) is -0.532. The lowest BCUT2D eigenvalue weighted by atomic mass is 9.84. The van der Waals surface area contributed by atoms with Gasteiger partial charge in [0.15, 0.2) is 0 Å². The SMILES string of the molecule is COC(=O)C(N)(CC(O)CCCc1ccccc1)c1ccccc1. The Labute approximate surface area is 143 Å². The lowest BCUT2D eigenvalue weighted by Gasteiger charge is -2.29. The topological polar surface area (TPSA) is 72.5 Å². The van der Waals surface area contributed by atoms with Crippen LogP contribution in [0.3, 0.4) is 0 Å². The maximum absolute atomic E-state index is 12.2. The Morgan fingerprint density at radius 2 is 1.71 bits per heavy atom. The summed E-state index contributed by atoms with van der Waals surface area (Å²) in [5, 5.41) is 10.4. The molecule has 0 spiro atoms. The zero-order valence-electron chi connectivity index (χ0n) is 14.0. The summed E-state index contributed by atoms with van der Waals surface area (Å²) in [6.45, 7) is 0. The van der Waals surface area contributed by atoms with E-state index in [-0.39, 0.29) is 6.42 Å². The van der Waals surface area contributed by atoms with Gasteiger partial charge in [-0.25, -0.2) is 4.79 Å². The fourth-order valence-corrected chi connectivity index (χ4v) is 2.90. The molecule has 0 radical (unpaired) electrons. The van der Waals surface area contributed by atoms with E-state index in [4.69, 9.17) is 10.5 Å². The predicted octanol–water partition coefficient (Wildman–Crippen LogP) is 2.79. The minimum Gasteiger partial charge on any atom is -0.467 e. The number of aliphatic hydroxyl groups is 1. The number of esters is 1. The Kier molecular flexibility index (Phi) is 6.53. The van der Waals surface area contributed by atoms with Crippen LogP contribution in [0.4, 0.5) is 0 Å². The van der Waals surface area contributed by atoms with Crippen molar-refractivity contribution in [1.29, 1.82) is 0 Å². The van der Waals surface area contributed by atoms with E-state index in [1.54, 1.807) is 12.1 Å². The minimum atomic E-state index is -1.33. The summed E-state index contributed by atoms with van der Waals surface area (Å²) < 4.78 is 4.87. The molecule has 128 valence electrons. The van der Waals surface area contributed by atoms with Crippen LogP contribution in [0.2, 0.25) is 0 Å². The molecule has 0 saturated heterocycles. The molecule has 2 unspecified atom stereocenters. The fourth-order valence-electron chi connectivity index (χ4n) is 2.90. The average molecular weight is 327 g/mol. The summed E-state index contributed by atoms with van der Waals surface area (Å²) >= 11 is 0. The van der Waals surface area contributed by atoms with E-state index in [2.05, 4.69) is 12.1 Å². The lowest BCUT2D eigenvalue weighted by molar-refractivity contribution is -0.149. The van der Waals surface area contributed by atoms with Gasteiger partial charge in [0.25, 0.3) is 0 Å². The first-order valence-corrected chi connectivity index (χ1v) is 8.21. The Balaban J connectivity index is 1.97. The Morgan fingerprint density at radius 3 is 2.29 bits per heavy atom. The molecule has 2 atom stereocenters. The van der Waals surface area contributed by atoms with Gasteiger partial charge in [0.1, 0.15) is 5.54 Å². The van der Waals surface area contributed by atoms with Crippen LogP contribution >= 0.6 is 0 Å². The van der Waals surface area contributed by atoms with Gasteiger partial charge in [-0.2, -0.15) is 0 Å². The zero-order chi connectivity index (χ0) is 17.4. The Hall–Kier alpha value is -2.17. The molecule has 0 aromatic heterocycles. The molecule has 0 aliphatic heterocycles. The van der Waals surface area contributed by atoms with E-state index in [1.807, 2.05) is 36.4 Å². The van der Waals surface area contributed by atoms with Gasteiger partial charge in [0.2, 0.25) is 0 Å². The Morgan fingerprint density at radius 1 is 1.12 bits per heavy atom. The standard InChI is InChI=1S/C20H25NO3/c1-24-19(23)20(21,17-12-6-3-7-13-17)15-18(22)14-8-11-16-9-4-2-5-10-16/h2-7,9-10,12-13,18,22H,8,11,14-15,21H2,1H3. The predicted molar refractivity (Wildman–Crippen MR) is 94.3 cm³/mol. The molecule has 0 fully saturated rings. The van der Waals surface area contributed by atoms with E-state index < -0.39 is 17.6 Å². The number of rotatable bonds is 8. The van der Waals surface area contributed by atoms with Crippen molar-refractivity contribution in [3.05, 3.63) is 71.8 Å². The molecule has 4 nitrogen and oxygen atoms in total. The second kappa shape index (κ2) is 8.62. The van der Waals surface area contributed by atoms with Crippen molar-refractivity contribution in [2.45, 2.75) is 37.3 Å². The molecule has 24 heavy (non-hydrogen) atoms. The lowest BCUT2D eigenvalue weighted by Crippen LogP contribution is -2.48. The fraction of sp³-hybridized carbons (Fsp3) is 0.350. The van der Waals surface area contributed by atoms with Gasteiger partial charge in [-0.15, -0.1) is 0 Å². The Bertz CT molecular complexity index is 630. The average Bonchev–Trinajstić information content (AvgIpc) is 2.62. The monoisotopic (exact) mass is 327 g/mol. The van der Waals surface area contributed by atoms with Crippen LogP contribution in [0, 0.1) is 0 Å². The third-order valence-corrected chi connectivity index (χ3v) is 4.24. The minimum absolute atomic E-state index is 0.137. The molecule has 0 aliphatic carbocycles. The molecule has 0 amide bonds. The zero-order valence-corrected chi connectivity index (χ0v) is 14.0. The number of hydrogen-bond donors (Lipinski definition) is 2. The second-order valence-corrected chi connectivity index (χ2v) is 6.06. The number of hydrogen-bond acceptors (Lipinski definition) is 4. The quantitative estimate of drug-likeness (QED) is 0.731. The van der Waals surface area contributed by atoms with Crippen LogP contribution in [0.1, 0.15) is 30.4 Å². The summed E-state index contributed by atoms with van der Waals surface area (Å²) in [6.07, 6.45) is 1.77. The third-order valence-electron chi connectivity index (χ3n) is 4.24. The van der Waals surface area contributed by atoms with Gasteiger partial charge in [0, 0.05) is 6.42 Å². The normalized spacial score (nSPS) is 14.6. The van der Waals surface area contributed by atoms with Gasteiger partial charge in [-0.05, 0) is 30.4 Å². The largest absolute Gasteiger partial charge is 0.467 e. The number of nitrogens with two attached hydrogens (primary N) is 1. The van der Waals surface area contributed by atoms with Crippen LogP contribution in [0.25, 0.3) is 0 Å². The highest BCUT2D eigenvalue weighted by atomic mass is 16.5. The van der Waals surface area contributed by atoms with Crippen LogP contribution in [-0.4, -0.2) is 24.3 Å². The second-order valence-electron chi connectivity index (χ2n) is 6.06. The number of methoxy groups -OCH3 is 1. The van der Waals surface area contributed by atoms with Crippen molar-refractivity contribution in [2.75, 3.05) is 7.11 Å². The molecule has 2 aromatic carbocycles. The first kappa shape index (κ1) is 18.2. The van der Waals surface area contributed by atoms with Crippen molar-refractivity contribution < 1.29 is 14.6 Å². The van der Waals surface area contributed by atoms with Gasteiger partial charge in [-0.3, -0.25) is 0 Å². The first-order valence-electron chi connectivity index (χ1n) is 8.21. The smallest absolute Gasteiger partial charge is 0.330 e. The van der Waals surface area contributed by atoms with Gasteiger partial charge >= 0.3 is 5.97 Å². The van der Waals surface area contributed by atoms with Gasteiger partial charge < -0.3 is 15.6 Å². The highest BCUT2D eigenvalue weighted by molar-refractivity contribution is 5.82. The summed E-state index contributed by atoms with van der Waals surface area (Å²) in [5.41, 5.74) is 6.88. The summed E-state index contributed by atoms with van der Waals surface area (Å²) in [4.78, 5) is 12.2.